The number of aryl methyl sites for hydroxylation is 1. The summed E-state index contributed by atoms with van der Waals surface area (Å²) in [4.78, 5) is 6.48. The minimum Gasteiger partial charge on any atom is -0.381 e. The second kappa shape index (κ2) is 12.8. The van der Waals surface area contributed by atoms with Crippen LogP contribution in [0.5, 0.6) is 0 Å². The summed E-state index contributed by atoms with van der Waals surface area (Å²) in [6.07, 6.45) is 3.99. The molecule has 0 saturated carbocycles. The first-order chi connectivity index (χ1) is 12.2. The molecule has 1 aromatic heterocycles. The number of nitrogens with zero attached hydrogens (tertiary/aromatic N) is 3. The molecule has 6 heteroatoms. The van der Waals surface area contributed by atoms with E-state index in [2.05, 4.69) is 76.5 Å². The van der Waals surface area contributed by atoms with Crippen molar-refractivity contribution in [1.82, 2.24) is 14.8 Å². The van der Waals surface area contributed by atoms with Gasteiger partial charge in [-0.25, -0.2) is 0 Å². The van der Waals surface area contributed by atoms with Gasteiger partial charge in [-0.2, -0.15) is 0 Å². The topological polar surface area (TPSA) is 41.8 Å². The zero-order valence-electron chi connectivity index (χ0n) is 16.0. The Bertz CT molecular complexity index is 642. The van der Waals surface area contributed by atoms with Gasteiger partial charge in [-0.15, -0.1) is 24.0 Å². The molecule has 0 radical (unpaired) electrons. The average Bonchev–Trinajstić information content (AvgIpc) is 3.03. The molecule has 1 heterocycles. The standard InChI is InChI=1S/C20H30N4O.HI/c1-21-20(24(3)17-19-11-7-14-23(19)2)22-13-8-15-25-16-12-18-9-5-4-6-10-18;/h4-7,9-11,14H,8,12-13,15-17H2,1-3H3,(H,21,22);1H. The van der Waals surface area contributed by atoms with Gasteiger partial charge in [0.1, 0.15) is 0 Å². The van der Waals surface area contributed by atoms with E-state index in [0.29, 0.717) is 0 Å². The van der Waals surface area contributed by atoms with Gasteiger partial charge in [-0.1, -0.05) is 30.3 Å². The van der Waals surface area contributed by atoms with E-state index >= 15 is 0 Å². The van der Waals surface area contributed by atoms with Crippen molar-refractivity contribution in [1.29, 1.82) is 0 Å². The van der Waals surface area contributed by atoms with Gasteiger partial charge in [0.15, 0.2) is 5.96 Å². The molecule has 0 atom stereocenters. The van der Waals surface area contributed by atoms with Gasteiger partial charge in [0.25, 0.3) is 0 Å². The van der Waals surface area contributed by atoms with Crippen LogP contribution in [0.25, 0.3) is 0 Å². The summed E-state index contributed by atoms with van der Waals surface area (Å²) in [7, 11) is 5.94. The largest absolute Gasteiger partial charge is 0.381 e. The number of rotatable bonds is 9. The van der Waals surface area contributed by atoms with Crippen LogP contribution in [-0.4, -0.2) is 49.3 Å². The summed E-state index contributed by atoms with van der Waals surface area (Å²) in [5.74, 6) is 0.908. The van der Waals surface area contributed by atoms with Crippen molar-refractivity contribution in [3.63, 3.8) is 0 Å². The Balaban J connectivity index is 0.00000338. The van der Waals surface area contributed by atoms with Crippen molar-refractivity contribution in [3.8, 4) is 0 Å². The number of halogens is 1. The van der Waals surface area contributed by atoms with E-state index < -0.39 is 0 Å². The van der Waals surface area contributed by atoms with Gasteiger partial charge in [0.2, 0.25) is 0 Å². The summed E-state index contributed by atoms with van der Waals surface area (Å²) in [6, 6.07) is 14.6. The Morgan fingerprint density at radius 1 is 1.15 bits per heavy atom. The molecule has 1 aromatic carbocycles. The van der Waals surface area contributed by atoms with Crippen molar-refractivity contribution in [3.05, 3.63) is 59.9 Å². The average molecular weight is 470 g/mol. The summed E-state index contributed by atoms with van der Waals surface area (Å²) in [6.45, 7) is 3.22. The molecule has 1 N–H and O–H groups in total. The van der Waals surface area contributed by atoms with Crippen molar-refractivity contribution < 1.29 is 4.74 Å². The molecule has 26 heavy (non-hydrogen) atoms. The van der Waals surface area contributed by atoms with Gasteiger partial charge >= 0.3 is 0 Å². The number of aliphatic imine (C=N–C) groups is 1. The Morgan fingerprint density at radius 2 is 1.92 bits per heavy atom. The van der Waals surface area contributed by atoms with Crippen LogP contribution in [0.15, 0.2) is 53.7 Å². The van der Waals surface area contributed by atoms with Crippen molar-refractivity contribution in [2.24, 2.45) is 12.0 Å². The number of benzene rings is 1. The van der Waals surface area contributed by atoms with E-state index in [9.17, 15) is 0 Å². The minimum absolute atomic E-state index is 0. The number of nitrogens with one attached hydrogen (secondary N) is 1. The van der Waals surface area contributed by atoms with Crippen LogP contribution in [0.1, 0.15) is 17.7 Å². The Labute approximate surface area is 174 Å². The molecule has 0 saturated heterocycles. The third kappa shape index (κ3) is 7.78. The zero-order valence-corrected chi connectivity index (χ0v) is 18.3. The van der Waals surface area contributed by atoms with Gasteiger partial charge in [0, 0.05) is 46.2 Å². The summed E-state index contributed by atoms with van der Waals surface area (Å²) >= 11 is 0. The normalized spacial score (nSPS) is 11.1. The lowest BCUT2D eigenvalue weighted by molar-refractivity contribution is 0.135. The van der Waals surface area contributed by atoms with Crippen molar-refractivity contribution in [2.45, 2.75) is 19.4 Å². The van der Waals surface area contributed by atoms with Gasteiger partial charge in [-0.05, 0) is 30.5 Å². The highest BCUT2D eigenvalue weighted by atomic mass is 127. The quantitative estimate of drug-likeness (QED) is 0.265. The number of ether oxygens (including phenoxy) is 1. The molecule has 0 aliphatic heterocycles. The highest BCUT2D eigenvalue weighted by molar-refractivity contribution is 14.0. The maximum Gasteiger partial charge on any atom is 0.193 e. The molecular formula is C20H31IN4O. The van der Waals surface area contributed by atoms with Crippen LogP contribution < -0.4 is 5.32 Å². The van der Waals surface area contributed by atoms with E-state index in [1.54, 1.807) is 0 Å². The lowest BCUT2D eigenvalue weighted by atomic mass is 10.2. The Hall–Kier alpha value is -1.54. The van der Waals surface area contributed by atoms with Crippen molar-refractivity contribution in [2.75, 3.05) is 33.9 Å². The highest BCUT2D eigenvalue weighted by Gasteiger charge is 2.07. The lowest BCUT2D eigenvalue weighted by Gasteiger charge is -2.22. The van der Waals surface area contributed by atoms with E-state index in [-0.39, 0.29) is 24.0 Å². The lowest BCUT2D eigenvalue weighted by Crippen LogP contribution is -2.39. The third-order valence-electron chi connectivity index (χ3n) is 4.15. The highest BCUT2D eigenvalue weighted by Crippen LogP contribution is 2.03. The monoisotopic (exact) mass is 470 g/mol. The fourth-order valence-corrected chi connectivity index (χ4v) is 2.67. The van der Waals surface area contributed by atoms with Gasteiger partial charge < -0.3 is 19.5 Å². The first kappa shape index (κ1) is 22.5. The van der Waals surface area contributed by atoms with Crippen LogP contribution in [0.3, 0.4) is 0 Å². The zero-order chi connectivity index (χ0) is 17.9. The maximum atomic E-state index is 5.72. The molecule has 0 unspecified atom stereocenters. The van der Waals surface area contributed by atoms with E-state index in [4.69, 9.17) is 4.74 Å². The molecule has 2 rings (SSSR count). The van der Waals surface area contributed by atoms with Crippen LogP contribution in [-0.2, 0) is 24.8 Å². The number of hydrogen-bond donors (Lipinski definition) is 1. The molecule has 0 aliphatic carbocycles. The molecule has 2 aromatic rings. The van der Waals surface area contributed by atoms with Gasteiger partial charge in [0.05, 0.1) is 13.2 Å². The first-order valence-electron chi connectivity index (χ1n) is 8.84. The fraction of sp³-hybridized carbons (Fsp3) is 0.450. The summed E-state index contributed by atoms with van der Waals surface area (Å²) in [5.41, 5.74) is 2.58. The maximum absolute atomic E-state index is 5.72. The SMILES string of the molecule is CN=C(NCCCOCCc1ccccc1)N(C)Cc1cccn1C.I. The van der Waals surface area contributed by atoms with Crippen LogP contribution in [0.4, 0.5) is 0 Å². The minimum atomic E-state index is 0. The molecule has 0 amide bonds. The fourth-order valence-electron chi connectivity index (χ4n) is 2.67. The van der Waals surface area contributed by atoms with Crippen LogP contribution in [0.2, 0.25) is 0 Å². The summed E-state index contributed by atoms with van der Waals surface area (Å²) < 4.78 is 7.85. The Morgan fingerprint density at radius 3 is 2.58 bits per heavy atom. The summed E-state index contributed by atoms with van der Waals surface area (Å²) in [5, 5.41) is 3.40. The van der Waals surface area contributed by atoms with Crippen molar-refractivity contribution >= 4 is 29.9 Å². The molecule has 0 fully saturated rings. The molecule has 144 valence electrons. The predicted octanol–water partition coefficient (Wildman–Crippen LogP) is 3.30. The van der Waals surface area contributed by atoms with Gasteiger partial charge in [-0.3, -0.25) is 4.99 Å². The third-order valence-corrected chi connectivity index (χ3v) is 4.15. The number of guanidine groups is 1. The Kier molecular flexibility index (Phi) is 11.0. The van der Waals surface area contributed by atoms with E-state index in [1.807, 2.05) is 13.1 Å². The smallest absolute Gasteiger partial charge is 0.193 e. The molecule has 0 bridgehead atoms. The molecule has 5 nitrogen and oxygen atoms in total. The second-order valence-electron chi connectivity index (χ2n) is 6.14. The van der Waals surface area contributed by atoms with E-state index in [0.717, 1.165) is 45.1 Å². The molecule has 0 spiro atoms. The number of aromatic nitrogens is 1. The molecule has 0 aliphatic rings. The second-order valence-corrected chi connectivity index (χ2v) is 6.14. The first-order valence-corrected chi connectivity index (χ1v) is 8.84. The number of hydrogen-bond acceptors (Lipinski definition) is 2. The van der Waals surface area contributed by atoms with Crippen LogP contribution >= 0.6 is 24.0 Å². The predicted molar refractivity (Wildman–Crippen MR) is 119 cm³/mol. The van der Waals surface area contributed by atoms with E-state index in [1.165, 1.54) is 11.3 Å². The van der Waals surface area contributed by atoms with Crippen LogP contribution in [0, 0.1) is 0 Å². The molecular weight excluding hydrogens is 439 g/mol.